The van der Waals surface area contributed by atoms with E-state index < -0.39 is 0 Å². The fourth-order valence-electron chi connectivity index (χ4n) is 0.876. The van der Waals surface area contributed by atoms with Crippen molar-refractivity contribution in [3.05, 3.63) is 0 Å². The molecule has 1 unspecified atom stereocenters. The molecule has 2 heteroatoms. The smallest absolute Gasteiger partial charge is 0.0752 e. The topological polar surface area (TPSA) is 26.1 Å². The molecule has 1 aliphatic rings. The summed E-state index contributed by atoms with van der Waals surface area (Å²) >= 11 is 0. The van der Waals surface area contributed by atoms with Crippen LogP contribution in [0.3, 0.4) is 0 Å². The molecule has 1 saturated heterocycles. The SMILES string of the molecule is CC(C)(C)NC1CC[N]1. The minimum absolute atomic E-state index is 0.231. The van der Waals surface area contributed by atoms with Gasteiger partial charge in [-0.25, -0.2) is 5.32 Å². The summed E-state index contributed by atoms with van der Waals surface area (Å²) in [6, 6.07) is 0. The van der Waals surface area contributed by atoms with Gasteiger partial charge in [-0.2, -0.15) is 0 Å². The van der Waals surface area contributed by atoms with Crippen LogP contribution in [0.5, 0.6) is 0 Å². The molecule has 1 heterocycles. The highest BCUT2D eigenvalue weighted by molar-refractivity contribution is 4.81. The Balaban J connectivity index is 2.16. The first kappa shape index (κ1) is 7.03. The highest BCUT2D eigenvalue weighted by Gasteiger charge is 2.22. The van der Waals surface area contributed by atoms with E-state index >= 15 is 0 Å². The van der Waals surface area contributed by atoms with Crippen molar-refractivity contribution in [2.75, 3.05) is 6.54 Å². The van der Waals surface area contributed by atoms with Gasteiger partial charge in [0.1, 0.15) is 0 Å². The molecule has 0 spiro atoms. The van der Waals surface area contributed by atoms with E-state index in [1.54, 1.807) is 0 Å². The lowest BCUT2D eigenvalue weighted by molar-refractivity contribution is 0.237. The Bertz CT molecular complexity index is 89.6. The minimum Gasteiger partial charge on any atom is -0.296 e. The molecule has 0 aromatic heterocycles. The standard InChI is InChI=1S/C7H15N2/c1-7(2,3)9-6-4-5-8-6/h6,9H,4-5H2,1-3H3. The third kappa shape index (κ3) is 2.33. The molecular formula is C7H15N2. The highest BCUT2D eigenvalue weighted by Crippen LogP contribution is 2.07. The van der Waals surface area contributed by atoms with E-state index in [1.165, 1.54) is 6.42 Å². The van der Waals surface area contributed by atoms with E-state index in [2.05, 4.69) is 31.4 Å². The summed E-state index contributed by atoms with van der Waals surface area (Å²) in [5.74, 6) is 0. The van der Waals surface area contributed by atoms with Gasteiger partial charge in [-0.3, -0.25) is 5.32 Å². The summed E-state index contributed by atoms with van der Waals surface area (Å²) in [6.45, 7) is 7.55. The van der Waals surface area contributed by atoms with Crippen LogP contribution in [0.2, 0.25) is 0 Å². The van der Waals surface area contributed by atoms with E-state index in [1.807, 2.05) is 0 Å². The summed E-state index contributed by atoms with van der Waals surface area (Å²) in [7, 11) is 0. The van der Waals surface area contributed by atoms with Crippen LogP contribution in [-0.2, 0) is 0 Å². The van der Waals surface area contributed by atoms with Crippen molar-refractivity contribution in [1.82, 2.24) is 10.6 Å². The molecule has 0 bridgehead atoms. The first-order chi connectivity index (χ1) is 4.08. The predicted molar refractivity (Wildman–Crippen MR) is 38.3 cm³/mol. The van der Waals surface area contributed by atoms with Crippen molar-refractivity contribution >= 4 is 0 Å². The summed E-state index contributed by atoms with van der Waals surface area (Å²) < 4.78 is 0. The van der Waals surface area contributed by atoms with Crippen LogP contribution in [0.4, 0.5) is 0 Å². The lowest BCUT2D eigenvalue weighted by atomic mass is 10.1. The quantitative estimate of drug-likeness (QED) is 0.551. The molecule has 1 radical (unpaired) electrons. The van der Waals surface area contributed by atoms with Crippen LogP contribution in [0.15, 0.2) is 0 Å². The normalized spacial score (nSPS) is 27.7. The summed E-state index contributed by atoms with van der Waals surface area (Å²) in [4.78, 5) is 0. The maximum Gasteiger partial charge on any atom is 0.0752 e. The van der Waals surface area contributed by atoms with E-state index in [4.69, 9.17) is 0 Å². The van der Waals surface area contributed by atoms with Gasteiger partial charge in [0.15, 0.2) is 0 Å². The van der Waals surface area contributed by atoms with Crippen molar-refractivity contribution in [3.8, 4) is 0 Å². The Labute approximate surface area is 57.0 Å². The van der Waals surface area contributed by atoms with Gasteiger partial charge in [0.25, 0.3) is 0 Å². The average Bonchev–Trinajstić information content (AvgIpc) is 1.53. The number of hydrogen-bond acceptors (Lipinski definition) is 1. The molecule has 0 saturated carbocycles. The number of nitrogens with one attached hydrogen (secondary N) is 1. The van der Waals surface area contributed by atoms with Gasteiger partial charge in [-0.1, -0.05) is 0 Å². The summed E-state index contributed by atoms with van der Waals surface area (Å²) in [5, 5.41) is 7.63. The number of rotatable bonds is 1. The van der Waals surface area contributed by atoms with E-state index in [9.17, 15) is 0 Å². The zero-order valence-corrected chi connectivity index (χ0v) is 6.44. The van der Waals surface area contributed by atoms with Crippen molar-refractivity contribution in [2.45, 2.75) is 38.9 Å². The number of nitrogens with zero attached hydrogens (tertiary/aromatic N) is 1. The third-order valence-electron chi connectivity index (χ3n) is 1.35. The van der Waals surface area contributed by atoms with Gasteiger partial charge < -0.3 is 0 Å². The van der Waals surface area contributed by atoms with Crippen LogP contribution in [0, 0.1) is 0 Å². The Morgan fingerprint density at radius 3 is 2.11 bits per heavy atom. The van der Waals surface area contributed by atoms with Gasteiger partial charge in [-0.05, 0) is 27.2 Å². The Morgan fingerprint density at radius 1 is 1.44 bits per heavy atom. The molecule has 0 aliphatic carbocycles. The Kier molecular flexibility index (Phi) is 1.78. The molecule has 0 amide bonds. The van der Waals surface area contributed by atoms with Crippen molar-refractivity contribution in [2.24, 2.45) is 0 Å². The molecular weight excluding hydrogens is 112 g/mol. The van der Waals surface area contributed by atoms with Crippen LogP contribution in [0.25, 0.3) is 0 Å². The second kappa shape index (κ2) is 2.27. The second-order valence-corrected chi connectivity index (χ2v) is 3.60. The first-order valence-corrected chi connectivity index (χ1v) is 3.52. The molecule has 1 fully saturated rings. The fraction of sp³-hybridized carbons (Fsp3) is 1.00. The van der Waals surface area contributed by atoms with Gasteiger partial charge in [0.2, 0.25) is 0 Å². The molecule has 1 atom stereocenters. The zero-order chi connectivity index (χ0) is 6.91. The molecule has 1 aliphatic heterocycles. The monoisotopic (exact) mass is 127 g/mol. The van der Waals surface area contributed by atoms with Crippen LogP contribution in [-0.4, -0.2) is 18.2 Å². The largest absolute Gasteiger partial charge is 0.296 e. The van der Waals surface area contributed by atoms with Crippen molar-refractivity contribution in [1.29, 1.82) is 0 Å². The van der Waals surface area contributed by atoms with Gasteiger partial charge in [-0.15, -0.1) is 0 Å². The van der Waals surface area contributed by atoms with Gasteiger partial charge >= 0.3 is 0 Å². The molecule has 2 nitrogen and oxygen atoms in total. The second-order valence-electron chi connectivity index (χ2n) is 3.60. The Hall–Kier alpha value is -0.0800. The molecule has 9 heavy (non-hydrogen) atoms. The summed E-state index contributed by atoms with van der Waals surface area (Å²) in [5.41, 5.74) is 0.231. The highest BCUT2D eigenvalue weighted by atomic mass is 15.2. The lowest BCUT2D eigenvalue weighted by Gasteiger charge is -2.33. The van der Waals surface area contributed by atoms with Gasteiger partial charge in [0, 0.05) is 12.1 Å². The van der Waals surface area contributed by atoms with Crippen LogP contribution >= 0.6 is 0 Å². The van der Waals surface area contributed by atoms with E-state index in [0.29, 0.717) is 6.17 Å². The zero-order valence-electron chi connectivity index (χ0n) is 6.44. The predicted octanol–water partition coefficient (Wildman–Crippen LogP) is 0.709. The fourth-order valence-corrected chi connectivity index (χ4v) is 0.876. The number of hydrogen-bond donors (Lipinski definition) is 1. The van der Waals surface area contributed by atoms with E-state index in [0.717, 1.165) is 6.54 Å². The molecule has 1 N–H and O–H groups in total. The Morgan fingerprint density at radius 2 is 2.00 bits per heavy atom. The molecule has 1 rings (SSSR count). The van der Waals surface area contributed by atoms with Crippen molar-refractivity contribution < 1.29 is 0 Å². The molecule has 0 aromatic carbocycles. The minimum atomic E-state index is 0.231. The lowest BCUT2D eigenvalue weighted by Crippen LogP contribution is -2.54. The van der Waals surface area contributed by atoms with Gasteiger partial charge in [0.05, 0.1) is 6.17 Å². The van der Waals surface area contributed by atoms with Crippen molar-refractivity contribution in [3.63, 3.8) is 0 Å². The third-order valence-corrected chi connectivity index (χ3v) is 1.35. The summed E-state index contributed by atoms with van der Waals surface area (Å²) in [6.07, 6.45) is 1.67. The molecule has 0 aromatic rings. The molecule has 53 valence electrons. The average molecular weight is 127 g/mol. The van der Waals surface area contributed by atoms with Crippen LogP contribution < -0.4 is 10.6 Å². The van der Waals surface area contributed by atoms with E-state index in [-0.39, 0.29) is 5.54 Å². The maximum atomic E-state index is 4.24. The first-order valence-electron chi connectivity index (χ1n) is 3.52. The van der Waals surface area contributed by atoms with Crippen LogP contribution in [0.1, 0.15) is 27.2 Å². The maximum absolute atomic E-state index is 4.24.